The van der Waals surface area contributed by atoms with Crippen molar-refractivity contribution in [3.05, 3.63) is 29.3 Å². The Morgan fingerprint density at radius 3 is 3.05 bits per heavy atom. The highest BCUT2D eigenvalue weighted by atomic mass is 16.2. The Kier molecular flexibility index (Phi) is 3.34. The number of anilines is 1. The van der Waals surface area contributed by atoms with E-state index < -0.39 is 0 Å². The van der Waals surface area contributed by atoms with E-state index in [1.807, 2.05) is 18.2 Å². The third kappa shape index (κ3) is 2.35. The van der Waals surface area contributed by atoms with Gasteiger partial charge < -0.3 is 15.5 Å². The van der Waals surface area contributed by atoms with Gasteiger partial charge in [-0.1, -0.05) is 6.07 Å². The average Bonchev–Trinajstić information content (AvgIpc) is 2.76. The van der Waals surface area contributed by atoms with E-state index in [0.29, 0.717) is 13.0 Å². The molecule has 2 N–H and O–H groups in total. The summed E-state index contributed by atoms with van der Waals surface area (Å²) in [5.41, 5.74) is 2.88. The molecule has 1 saturated heterocycles. The van der Waals surface area contributed by atoms with E-state index in [1.54, 1.807) is 11.9 Å². The van der Waals surface area contributed by atoms with E-state index in [2.05, 4.69) is 10.6 Å². The van der Waals surface area contributed by atoms with Gasteiger partial charge in [0.05, 0.1) is 6.04 Å². The van der Waals surface area contributed by atoms with Crippen LogP contribution in [0.5, 0.6) is 0 Å². The number of rotatable bonds is 2. The normalized spacial score (nSPS) is 21.4. The summed E-state index contributed by atoms with van der Waals surface area (Å²) >= 11 is 0. The molecule has 0 bridgehead atoms. The quantitative estimate of drug-likeness (QED) is 0.845. The first kappa shape index (κ1) is 13.0. The zero-order valence-electron chi connectivity index (χ0n) is 11.6. The van der Waals surface area contributed by atoms with E-state index in [1.165, 1.54) is 0 Å². The van der Waals surface area contributed by atoms with Crippen molar-refractivity contribution in [1.29, 1.82) is 0 Å². The van der Waals surface area contributed by atoms with Crippen molar-refractivity contribution in [2.45, 2.75) is 25.3 Å². The van der Waals surface area contributed by atoms with E-state index in [-0.39, 0.29) is 17.9 Å². The summed E-state index contributed by atoms with van der Waals surface area (Å²) in [4.78, 5) is 25.6. The van der Waals surface area contributed by atoms with Gasteiger partial charge in [0.15, 0.2) is 0 Å². The number of hydrogen-bond donors (Lipinski definition) is 2. The van der Waals surface area contributed by atoms with Crippen molar-refractivity contribution in [1.82, 2.24) is 10.2 Å². The molecule has 2 amide bonds. The predicted octanol–water partition coefficient (Wildman–Crippen LogP) is 1.01. The van der Waals surface area contributed by atoms with Gasteiger partial charge in [0.25, 0.3) is 5.91 Å². The van der Waals surface area contributed by atoms with E-state index >= 15 is 0 Å². The lowest BCUT2D eigenvalue weighted by molar-refractivity contribution is -0.126. The summed E-state index contributed by atoms with van der Waals surface area (Å²) in [5, 5.41) is 6.30. The number of nitrogens with one attached hydrogen (secondary N) is 2. The number of hydrogen-bond acceptors (Lipinski definition) is 3. The fraction of sp³-hybridized carbons (Fsp3) is 0.467. The topological polar surface area (TPSA) is 61.4 Å². The number of amides is 2. The SMILES string of the molecule is CN1CC(NC(=O)c2cccc3c2CCCN3)CC1=O. The lowest BCUT2D eigenvalue weighted by Gasteiger charge is -2.21. The highest BCUT2D eigenvalue weighted by Crippen LogP contribution is 2.25. The van der Waals surface area contributed by atoms with Crippen LogP contribution in [0.3, 0.4) is 0 Å². The van der Waals surface area contributed by atoms with Gasteiger partial charge in [0.2, 0.25) is 5.91 Å². The van der Waals surface area contributed by atoms with Gasteiger partial charge >= 0.3 is 0 Å². The number of likely N-dealkylation sites (N-methyl/N-ethyl adjacent to an activating group) is 1. The van der Waals surface area contributed by atoms with Crippen LogP contribution in [-0.4, -0.2) is 42.9 Å². The number of benzene rings is 1. The van der Waals surface area contributed by atoms with Gasteiger partial charge in [-0.2, -0.15) is 0 Å². The highest BCUT2D eigenvalue weighted by Gasteiger charge is 2.28. The molecule has 0 aliphatic carbocycles. The Labute approximate surface area is 118 Å². The number of nitrogens with zero attached hydrogens (tertiary/aromatic N) is 1. The first-order valence-electron chi connectivity index (χ1n) is 7.06. The fourth-order valence-corrected chi connectivity index (χ4v) is 2.95. The van der Waals surface area contributed by atoms with Crippen LogP contribution in [0.2, 0.25) is 0 Å². The van der Waals surface area contributed by atoms with E-state index in [0.717, 1.165) is 36.2 Å². The van der Waals surface area contributed by atoms with Crippen molar-refractivity contribution >= 4 is 17.5 Å². The molecule has 1 unspecified atom stereocenters. The third-order valence-electron chi connectivity index (χ3n) is 4.02. The van der Waals surface area contributed by atoms with Crippen LogP contribution in [0, 0.1) is 0 Å². The van der Waals surface area contributed by atoms with Crippen molar-refractivity contribution < 1.29 is 9.59 Å². The molecule has 5 heteroatoms. The Morgan fingerprint density at radius 1 is 1.45 bits per heavy atom. The minimum atomic E-state index is -0.0765. The summed E-state index contributed by atoms with van der Waals surface area (Å²) in [5.74, 6) is 0.0192. The number of carbonyl (C=O) groups is 2. The smallest absolute Gasteiger partial charge is 0.251 e. The molecular weight excluding hydrogens is 254 g/mol. The summed E-state index contributed by atoms with van der Waals surface area (Å²) < 4.78 is 0. The molecule has 1 aromatic carbocycles. The first-order chi connectivity index (χ1) is 9.65. The van der Waals surface area contributed by atoms with E-state index in [4.69, 9.17) is 0 Å². The van der Waals surface area contributed by atoms with Crippen LogP contribution in [-0.2, 0) is 11.2 Å². The van der Waals surface area contributed by atoms with Gasteiger partial charge in [-0.25, -0.2) is 0 Å². The average molecular weight is 273 g/mol. The Morgan fingerprint density at radius 2 is 2.30 bits per heavy atom. The van der Waals surface area contributed by atoms with Crippen LogP contribution < -0.4 is 10.6 Å². The van der Waals surface area contributed by atoms with Crippen molar-refractivity contribution in [2.75, 3.05) is 25.5 Å². The largest absolute Gasteiger partial charge is 0.385 e. The maximum atomic E-state index is 12.4. The molecule has 2 heterocycles. The maximum absolute atomic E-state index is 12.4. The highest BCUT2D eigenvalue weighted by molar-refractivity contribution is 5.98. The van der Waals surface area contributed by atoms with Crippen molar-refractivity contribution in [3.8, 4) is 0 Å². The standard InChI is InChI=1S/C15H19N3O2/c1-18-9-10(8-14(18)19)17-15(20)12-4-2-6-13-11(12)5-3-7-16-13/h2,4,6,10,16H,3,5,7-9H2,1H3,(H,17,20). The number of carbonyl (C=O) groups excluding carboxylic acids is 2. The lowest BCUT2D eigenvalue weighted by atomic mass is 9.97. The molecule has 0 spiro atoms. The summed E-state index contributed by atoms with van der Waals surface area (Å²) in [7, 11) is 1.77. The molecule has 1 fully saturated rings. The molecule has 1 atom stereocenters. The number of likely N-dealkylation sites (tertiary alicyclic amines) is 1. The van der Waals surface area contributed by atoms with Crippen LogP contribution in [0.1, 0.15) is 28.8 Å². The Hall–Kier alpha value is -2.04. The van der Waals surface area contributed by atoms with Gasteiger partial charge in [0.1, 0.15) is 0 Å². The monoisotopic (exact) mass is 273 g/mol. The molecule has 0 radical (unpaired) electrons. The van der Waals surface area contributed by atoms with Gasteiger partial charge in [-0.3, -0.25) is 9.59 Å². The van der Waals surface area contributed by atoms with Crippen LogP contribution in [0.4, 0.5) is 5.69 Å². The molecule has 0 aromatic heterocycles. The summed E-state index contributed by atoms with van der Waals surface area (Å²) in [6.45, 7) is 1.55. The second-order valence-electron chi connectivity index (χ2n) is 5.51. The molecular formula is C15H19N3O2. The molecule has 0 saturated carbocycles. The minimum absolute atomic E-state index is 0.0707. The lowest BCUT2D eigenvalue weighted by Crippen LogP contribution is -2.37. The molecule has 5 nitrogen and oxygen atoms in total. The number of fused-ring (bicyclic) bond motifs is 1. The van der Waals surface area contributed by atoms with Crippen molar-refractivity contribution in [2.24, 2.45) is 0 Å². The molecule has 1 aromatic rings. The van der Waals surface area contributed by atoms with Gasteiger partial charge in [-0.15, -0.1) is 0 Å². The zero-order chi connectivity index (χ0) is 14.1. The summed E-state index contributed by atoms with van der Waals surface area (Å²) in [6.07, 6.45) is 2.37. The van der Waals surface area contributed by atoms with Crippen LogP contribution >= 0.6 is 0 Å². The van der Waals surface area contributed by atoms with E-state index in [9.17, 15) is 9.59 Å². The summed E-state index contributed by atoms with van der Waals surface area (Å²) in [6, 6.07) is 5.70. The molecule has 2 aliphatic rings. The predicted molar refractivity (Wildman–Crippen MR) is 76.8 cm³/mol. The van der Waals surface area contributed by atoms with Crippen LogP contribution in [0.15, 0.2) is 18.2 Å². The van der Waals surface area contributed by atoms with Gasteiger partial charge in [0, 0.05) is 37.8 Å². The van der Waals surface area contributed by atoms with Gasteiger partial charge in [-0.05, 0) is 30.5 Å². The van der Waals surface area contributed by atoms with Crippen molar-refractivity contribution in [3.63, 3.8) is 0 Å². The Balaban J connectivity index is 1.76. The molecule has 2 aliphatic heterocycles. The molecule has 106 valence electrons. The molecule has 20 heavy (non-hydrogen) atoms. The fourth-order valence-electron chi connectivity index (χ4n) is 2.95. The second-order valence-corrected chi connectivity index (χ2v) is 5.51. The maximum Gasteiger partial charge on any atom is 0.251 e. The zero-order valence-corrected chi connectivity index (χ0v) is 11.6. The Bertz CT molecular complexity index is 556. The first-order valence-corrected chi connectivity index (χ1v) is 7.06. The third-order valence-corrected chi connectivity index (χ3v) is 4.02. The minimum Gasteiger partial charge on any atom is -0.385 e. The second kappa shape index (κ2) is 5.15. The van der Waals surface area contributed by atoms with Crippen LogP contribution in [0.25, 0.3) is 0 Å². The molecule has 3 rings (SSSR count).